The maximum Gasteiger partial charge on any atom is 0.255 e. The van der Waals surface area contributed by atoms with Crippen molar-refractivity contribution in [1.82, 2.24) is 15.3 Å². The van der Waals surface area contributed by atoms with E-state index in [4.69, 9.17) is 4.74 Å². The molecule has 0 bridgehead atoms. The number of anilines is 1. The Balaban J connectivity index is 1.25. The summed E-state index contributed by atoms with van der Waals surface area (Å²) < 4.78 is 5.56. The lowest BCUT2D eigenvalue weighted by Gasteiger charge is -2.19. The molecule has 1 aromatic heterocycles. The molecule has 8 nitrogen and oxygen atoms in total. The number of aliphatic hydroxyl groups is 2. The maximum atomic E-state index is 12.6. The predicted molar refractivity (Wildman–Crippen MR) is 136 cm³/mol. The van der Waals surface area contributed by atoms with Gasteiger partial charge in [0.15, 0.2) is 0 Å². The Hall–Kier alpha value is -3.72. The summed E-state index contributed by atoms with van der Waals surface area (Å²) in [6.45, 7) is 2.27. The van der Waals surface area contributed by atoms with Gasteiger partial charge in [0, 0.05) is 23.8 Å². The number of aryl methyl sites for hydroxylation is 1. The maximum absolute atomic E-state index is 12.6. The Kier molecular flexibility index (Phi) is 8.10. The van der Waals surface area contributed by atoms with Crippen LogP contribution in [0.2, 0.25) is 0 Å². The largest absolute Gasteiger partial charge is 0.491 e. The first-order valence-electron chi connectivity index (χ1n) is 11.6. The number of ether oxygens (including phenoxy) is 1. The molecule has 0 fully saturated rings. The summed E-state index contributed by atoms with van der Waals surface area (Å²) in [6.07, 6.45) is -0.126. The lowest BCUT2D eigenvalue weighted by molar-refractivity contribution is 0.0997. The Labute approximate surface area is 204 Å². The summed E-state index contributed by atoms with van der Waals surface area (Å²) >= 11 is 0. The van der Waals surface area contributed by atoms with E-state index < -0.39 is 6.10 Å². The number of fused-ring (bicyclic) bond motifs is 1. The van der Waals surface area contributed by atoms with Gasteiger partial charge < -0.3 is 30.6 Å². The van der Waals surface area contributed by atoms with E-state index in [1.54, 1.807) is 12.1 Å². The summed E-state index contributed by atoms with van der Waals surface area (Å²) in [5, 5.41) is 26.0. The molecule has 0 saturated heterocycles. The quantitative estimate of drug-likeness (QED) is 0.228. The molecule has 0 unspecified atom stereocenters. The number of nitrogens with zero attached hydrogens (tertiary/aromatic N) is 1. The number of benzene rings is 3. The normalized spacial score (nSPS) is 12.9. The highest BCUT2D eigenvalue weighted by atomic mass is 16.5. The van der Waals surface area contributed by atoms with Crippen LogP contribution in [0.3, 0.4) is 0 Å². The Bertz CT molecular complexity index is 1240. The van der Waals surface area contributed by atoms with E-state index in [9.17, 15) is 15.0 Å². The van der Waals surface area contributed by atoms with Gasteiger partial charge in [-0.2, -0.15) is 0 Å². The number of hydrogen-bond donors (Lipinski definition) is 5. The van der Waals surface area contributed by atoms with Crippen molar-refractivity contribution in [2.24, 2.45) is 0 Å². The molecule has 0 saturated carbocycles. The second kappa shape index (κ2) is 11.6. The van der Waals surface area contributed by atoms with Crippen LogP contribution in [0.1, 0.15) is 21.7 Å². The van der Waals surface area contributed by atoms with Crippen LogP contribution >= 0.6 is 0 Å². The minimum atomic E-state index is -0.702. The highest BCUT2D eigenvalue weighted by molar-refractivity contribution is 6.05. The van der Waals surface area contributed by atoms with Crippen LogP contribution < -0.4 is 15.4 Å². The summed E-state index contributed by atoms with van der Waals surface area (Å²) in [5.41, 5.74) is 3.88. The standard InChI is InChI=1S/C27H30N4O4/c1-18-29-25-12-9-20(14-26(25)30-18)27(34)31-21-10-7-19(8-11-21)13-22(16-32)28-15-23(33)17-35-24-5-3-2-4-6-24/h2-12,14,22-23,28,32-33H,13,15-17H2,1H3,(H,29,30)(H,31,34)/t22-,23-/m0/s1. The third-order valence-electron chi connectivity index (χ3n) is 5.60. The van der Waals surface area contributed by atoms with E-state index in [2.05, 4.69) is 20.6 Å². The molecule has 4 aromatic rings. The van der Waals surface area contributed by atoms with Gasteiger partial charge in [-0.3, -0.25) is 4.79 Å². The fourth-order valence-corrected chi connectivity index (χ4v) is 3.76. The smallest absolute Gasteiger partial charge is 0.255 e. The van der Waals surface area contributed by atoms with E-state index in [1.165, 1.54) is 0 Å². The average Bonchev–Trinajstić information content (AvgIpc) is 3.26. The Morgan fingerprint density at radius 1 is 1.09 bits per heavy atom. The van der Waals surface area contributed by atoms with Crippen LogP contribution in [-0.4, -0.2) is 58.0 Å². The molecule has 0 aliphatic carbocycles. The van der Waals surface area contributed by atoms with Gasteiger partial charge in [-0.25, -0.2) is 4.98 Å². The van der Waals surface area contributed by atoms with Gasteiger partial charge in [-0.15, -0.1) is 0 Å². The molecule has 0 radical (unpaired) electrons. The number of para-hydroxylation sites is 1. The number of amides is 1. The number of H-pyrrole nitrogens is 1. The number of imidazole rings is 1. The van der Waals surface area contributed by atoms with Crippen LogP contribution in [-0.2, 0) is 6.42 Å². The van der Waals surface area contributed by atoms with Crippen molar-refractivity contribution in [2.45, 2.75) is 25.5 Å². The Morgan fingerprint density at radius 2 is 1.86 bits per heavy atom. The molecule has 182 valence electrons. The average molecular weight is 475 g/mol. The van der Waals surface area contributed by atoms with Crippen molar-refractivity contribution in [3.05, 3.63) is 89.7 Å². The molecule has 1 heterocycles. The number of hydrogen-bond acceptors (Lipinski definition) is 6. The highest BCUT2D eigenvalue weighted by Gasteiger charge is 2.13. The van der Waals surface area contributed by atoms with Gasteiger partial charge in [0.05, 0.1) is 17.6 Å². The van der Waals surface area contributed by atoms with E-state index >= 15 is 0 Å². The zero-order chi connectivity index (χ0) is 24.6. The van der Waals surface area contributed by atoms with Crippen LogP contribution in [0.5, 0.6) is 5.75 Å². The molecule has 5 N–H and O–H groups in total. The molecule has 3 aromatic carbocycles. The van der Waals surface area contributed by atoms with Gasteiger partial charge in [0.1, 0.15) is 24.3 Å². The number of aliphatic hydroxyl groups excluding tert-OH is 2. The summed E-state index contributed by atoms with van der Waals surface area (Å²) in [6, 6.07) is 22.0. The monoisotopic (exact) mass is 474 g/mol. The fourth-order valence-electron chi connectivity index (χ4n) is 3.76. The summed E-state index contributed by atoms with van der Waals surface area (Å²) in [4.78, 5) is 20.1. The number of carbonyl (C=O) groups is 1. The third-order valence-corrected chi connectivity index (χ3v) is 5.60. The predicted octanol–water partition coefficient (Wildman–Crippen LogP) is 3.06. The fraction of sp³-hybridized carbons (Fsp3) is 0.259. The number of carbonyl (C=O) groups excluding carboxylic acids is 1. The van der Waals surface area contributed by atoms with Gasteiger partial charge in [0.25, 0.3) is 5.91 Å². The van der Waals surface area contributed by atoms with Crippen LogP contribution in [0.15, 0.2) is 72.8 Å². The first kappa shape index (κ1) is 24.4. The first-order valence-corrected chi connectivity index (χ1v) is 11.6. The van der Waals surface area contributed by atoms with Gasteiger partial charge in [0.2, 0.25) is 0 Å². The number of nitrogens with one attached hydrogen (secondary N) is 3. The van der Waals surface area contributed by atoms with Crippen LogP contribution in [0.4, 0.5) is 5.69 Å². The van der Waals surface area contributed by atoms with Crippen LogP contribution in [0.25, 0.3) is 11.0 Å². The van der Waals surface area contributed by atoms with E-state index in [0.717, 1.165) is 22.4 Å². The van der Waals surface area contributed by atoms with E-state index in [0.29, 0.717) is 30.0 Å². The van der Waals surface area contributed by atoms with Crippen molar-refractivity contribution in [3.63, 3.8) is 0 Å². The number of aromatic nitrogens is 2. The van der Waals surface area contributed by atoms with Crippen molar-refractivity contribution in [3.8, 4) is 5.75 Å². The second-order valence-corrected chi connectivity index (χ2v) is 8.47. The topological polar surface area (TPSA) is 120 Å². The molecular weight excluding hydrogens is 444 g/mol. The molecule has 8 heteroatoms. The first-order chi connectivity index (χ1) is 17.0. The van der Waals surface area contributed by atoms with Crippen molar-refractivity contribution >= 4 is 22.6 Å². The molecule has 1 amide bonds. The zero-order valence-corrected chi connectivity index (χ0v) is 19.6. The number of aromatic amines is 1. The second-order valence-electron chi connectivity index (χ2n) is 8.47. The molecular formula is C27H30N4O4. The minimum Gasteiger partial charge on any atom is -0.491 e. The number of rotatable bonds is 11. The van der Waals surface area contributed by atoms with Crippen LogP contribution in [0, 0.1) is 6.92 Å². The van der Waals surface area contributed by atoms with Crippen molar-refractivity contribution in [2.75, 3.05) is 25.1 Å². The lowest BCUT2D eigenvalue weighted by atomic mass is 10.1. The van der Waals surface area contributed by atoms with Gasteiger partial charge in [-0.1, -0.05) is 30.3 Å². The summed E-state index contributed by atoms with van der Waals surface area (Å²) in [7, 11) is 0. The van der Waals surface area contributed by atoms with Gasteiger partial charge >= 0.3 is 0 Å². The summed E-state index contributed by atoms with van der Waals surface area (Å²) in [5.74, 6) is 1.31. The molecule has 4 rings (SSSR count). The molecule has 35 heavy (non-hydrogen) atoms. The molecule has 0 aliphatic rings. The Morgan fingerprint density at radius 3 is 2.60 bits per heavy atom. The van der Waals surface area contributed by atoms with Crippen molar-refractivity contribution < 1.29 is 19.7 Å². The minimum absolute atomic E-state index is 0.0691. The highest BCUT2D eigenvalue weighted by Crippen LogP contribution is 2.17. The SMILES string of the molecule is Cc1nc2ccc(C(=O)Nc3ccc(C[C@@H](CO)NC[C@H](O)COc4ccccc4)cc3)cc2[nH]1. The molecule has 0 aliphatic heterocycles. The van der Waals surface area contributed by atoms with E-state index in [-0.39, 0.29) is 25.2 Å². The molecule has 0 spiro atoms. The van der Waals surface area contributed by atoms with E-state index in [1.807, 2.05) is 67.6 Å². The van der Waals surface area contributed by atoms with Crippen molar-refractivity contribution in [1.29, 1.82) is 0 Å². The molecule has 2 atom stereocenters. The van der Waals surface area contributed by atoms with Gasteiger partial charge in [-0.05, 0) is 61.4 Å². The lowest BCUT2D eigenvalue weighted by Crippen LogP contribution is -2.41. The third kappa shape index (κ3) is 6.89. The zero-order valence-electron chi connectivity index (χ0n) is 19.6.